The van der Waals surface area contributed by atoms with Crippen LogP contribution in [0.5, 0.6) is 5.75 Å². The fraction of sp³-hybridized carbons (Fsp3) is 0.533. The minimum Gasteiger partial charge on any atom is -0.481 e. The van der Waals surface area contributed by atoms with Gasteiger partial charge in [-0.15, -0.1) is 0 Å². The highest BCUT2D eigenvalue weighted by molar-refractivity contribution is 6.32. The average molecular weight is 334 g/mol. The standard InChI is InChI=1S/C15H18ClF2NO3/c1-9-4-11(14(20)21)8-19(6-9)7-10-2-3-13(12(16)5-10)22-15(17)18/h2-3,5,9,11,15H,4,6-8H2,1H3,(H,20,21). The van der Waals surface area contributed by atoms with Crippen molar-refractivity contribution < 1.29 is 23.4 Å². The van der Waals surface area contributed by atoms with Gasteiger partial charge >= 0.3 is 12.6 Å². The Labute approximate surface area is 132 Å². The number of carboxylic acid groups (broad SMARTS) is 1. The number of likely N-dealkylation sites (tertiary alicyclic amines) is 1. The van der Waals surface area contributed by atoms with Gasteiger partial charge in [-0.05, 0) is 30.0 Å². The molecule has 1 aliphatic rings. The van der Waals surface area contributed by atoms with Gasteiger partial charge in [0.15, 0.2) is 0 Å². The van der Waals surface area contributed by atoms with E-state index in [1.807, 2.05) is 11.8 Å². The molecule has 2 atom stereocenters. The second kappa shape index (κ2) is 7.24. The lowest BCUT2D eigenvalue weighted by molar-refractivity contribution is -0.144. The quantitative estimate of drug-likeness (QED) is 0.896. The molecule has 1 saturated heterocycles. The van der Waals surface area contributed by atoms with Crippen LogP contribution in [0.4, 0.5) is 8.78 Å². The number of carbonyl (C=O) groups is 1. The Kier molecular flexibility index (Phi) is 5.58. The molecule has 0 aliphatic carbocycles. The van der Waals surface area contributed by atoms with E-state index in [0.29, 0.717) is 25.4 Å². The first kappa shape index (κ1) is 17.0. The molecular weight excluding hydrogens is 316 g/mol. The lowest BCUT2D eigenvalue weighted by Gasteiger charge is -2.34. The minimum atomic E-state index is -2.91. The van der Waals surface area contributed by atoms with Gasteiger partial charge in [-0.3, -0.25) is 9.69 Å². The Morgan fingerprint density at radius 3 is 2.82 bits per heavy atom. The molecule has 1 aromatic rings. The fourth-order valence-corrected chi connectivity index (χ4v) is 3.11. The van der Waals surface area contributed by atoms with E-state index in [1.165, 1.54) is 6.07 Å². The van der Waals surface area contributed by atoms with Crippen molar-refractivity contribution >= 4 is 17.6 Å². The summed E-state index contributed by atoms with van der Waals surface area (Å²) in [5.41, 5.74) is 0.838. The van der Waals surface area contributed by atoms with Gasteiger partial charge in [-0.2, -0.15) is 8.78 Å². The highest BCUT2D eigenvalue weighted by Gasteiger charge is 2.29. The van der Waals surface area contributed by atoms with Gasteiger partial charge in [0.25, 0.3) is 0 Å². The third-order valence-corrected chi connectivity index (χ3v) is 4.00. The maximum absolute atomic E-state index is 12.2. The maximum Gasteiger partial charge on any atom is 0.387 e. The number of nitrogens with zero attached hydrogens (tertiary/aromatic N) is 1. The summed E-state index contributed by atoms with van der Waals surface area (Å²) in [6, 6.07) is 4.65. The van der Waals surface area contributed by atoms with Gasteiger partial charge < -0.3 is 9.84 Å². The second-order valence-corrected chi connectivity index (χ2v) is 6.12. The Balaban J connectivity index is 2.03. The summed E-state index contributed by atoms with van der Waals surface area (Å²) < 4.78 is 28.7. The number of benzene rings is 1. The van der Waals surface area contributed by atoms with E-state index in [4.69, 9.17) is 16.7 Å². The molecule has 0 radical (unpaired) electrons. The molecule has 2 unspecified atom stereocenters. The van der Waals surface area contributed by atoms with E-state index in [0.717, 1.165) is 12.1 Å². The normalized spacial score (nSPS) is 22.8. The predicted octanol–water partition coefficient (Wildman–Crippen LogP) is 3.48. The topological polar surface area (TPSA) is 49.8 Å². The molecule has 122 valence electrons. The first-order valence-corrected chi connectivity index (χ1v) is 7.41. The number of rotatable bonds is 5. The van der Waals surface area contributed by atoms with Crippen LogP contribution >= 0.6 is 11.6 Å². The average Bonchev–Trinajstić information content (AvgIpc) is 2.40. The number of hydrogen-bond acceptors (Lipinski definition) is 3. The summed E-state index contributed by atoms with van der Waals surface area (Å²) in [6.07, 6.45) is 0.674. The Hall–Kier alpha value is -1.40. The summed E-state index contributed by atoms with van der Waals surface area (Å²) in [5, 5.41) is 9.29. The zero-order valence-electron chi connectivity index (χ0n) is 12.1. The molecular formula is C15H18ClF2NO3. The van der Waals surface area contributed by atoms with E-state index < -0.39 is 12.6 Å². The molecule has 1 aliphatic heterocycles. The molecule has 2 rings (SSSR count). The lowest BCUT2D eigenvalue weighted by atomic mass is 9.90. The van der Waals surface area contributed by atoms with Crippen LogP contribution in [-0.4, -0.2) is 35.7 Å². The first-order chi connectivity index (χ1) is 10.3. The minimum absolute atomic E-state index is 0.0594. The largest absolute Gasteiger partial charge is 0.481 e. The zero-order chi connectivity index (χ0) is 16.3. The number of piperidine rings is 1. The van der Waals surface area contributed by atoms with Gasteiger partial charge in [0, 0.05) is 19.6 Å². The molecule has 1 heterocycles. The molecule has 4 nitrogen and oxygen atoms in total. The molecule has 7 heteroatoms. The van der Waals surface area contributed by atoms with Crippen LogP contribution in [0.15, 0.2) is 18.2 Å². The highest BCUT2D eigenvalue weighted by Crippen LogP contribution is 2.29. The van der Waals surface area contributed by atoms with Crippen LogP contribution in [0.3, 0.4) is 0 Å². The van der Waals surface area contributed by atoms with Crippen molar-refractivity contribution in [1.29, 1.82) is 0 Å². The Morgan fingerprint density at radius 2 is 2.23 bits per heavy atom. The number of aliphatic carboxylic acids is 1. The third-order valence-electron chi connectivity index (χ3n) is 3.70. The van der Waals surface area contributed by atoms with Crippen LogP contribution in [0.2, 0.25) is 5.02 Å². The van der Waals surface area contributed by atoms with Crippen LogP contribution in [-0.2, 0) is 11.3 Å². The number of halogens is 3. The monoisotopic (exact) mass is 333 g/mol. The molecule has 0 spiro atoms. The molecule has 1 aromatic carbocycles. The molecule has 0 bridgehead atoms. The SMILES string of the molecule is CC1CC(C(=O)O)CN(Cc2ccc(OC(F)F)c(Cl)c2)C1. The van der Waals surface area contributed by atoms with Crippen LogP contribution in [0, 0.1) is 11.8 Å². The molecule has 22 heavy (non-hydrogen) atoms. The van der Waals surface area contributed by atoms with E-state index >= 15 is 0 Å². The van der Waals surface area contributed by atoms with Gasteiger partial charge in [0.1, 0.15) is 5.75 Å². The first-order valence-electron chi connectivity index (χ1n) is 7.03. The van der Waals surface area contributed by atoms with Gasteiger partial charge in [0.05, 0.1) is 10.9 Å². The number of alkyl halides is 2. The lowest BCUT2D eigenvalue weighted by Crippen LogP contribution is -2.41. The smallest absolute Gasteiger partial charge is 0.387 e. The molecule has 1 fully saturated rings. The van der Waals surface area contributed by atoms with Crippen molar-refractivity contribution in [2.24, 2.45) is 11.8 Å². The van der Waals surface area contributed by atoms with Crippen molar-refractivity contribution in [2.75, 3.05) is 13.1 Å². The predicted molar refractivity (Wildman–Crippen MR) is 78.3 cm³/mol. The van der Waals surface area contributed by atoms with Gasteiger partial charge in [-0.25, -0.2) is 0 Å². The third kappa shape index (κ3) is 4.55. The fourth-order valence-electron chi connectivity index (χ4n) is 2.86. The highest BCUT2D eigenvalue weighted by atomic mass is 35.5. The number of hydrogen-bond donors (Lipinski definition) is 1. The Bertz CT molecular complexity index is 542. The van der Waals surface area contributed by atoms with E-state index in [9.17, 15) is 13.6 Å². The van der Waals surface area contributed by atoms with Crippen molar-refractivity contribution in [3.05, 3.63) is 28.8 Å². The van der Waals surface area contributed by atoms with Crippen LogP contribution in [0.25, 0.3) is 0 Å². The van der Waals surface area contributed by atoms with Gasteiger partial charge in [0.2, 0.25) is 0 Å². The van der Waals surface area contributed by atoms with Crippen molar-refractivity contribution in [1.82, 2.24) is 4.90 Å². The molecule has 0 saturated carbocycles. The van der Waals surface area contributed by atoms with Crippen LogP contribution < -0.4 is 4.74 Å². The number of carboxylic acids is 1. The van der Waals surface area contributed by atoms with Crippen LogP contribution in [0.1, 0.15) is 18.9 Å². The second-order valence-electron chi connectivity index (χ2n) is 5.71. The summed E-state index contributed by atoms with van der Waals surface area (Å²) in [6.45, 7) is 0.920. The molecule has 0 amide bonds. The zero-order valence-corrected chi connectivity index (χ0v) is 12.9. The van der Waals surface area contributed by atoms with Crippen molar-refractivity contribution in [2.45, 2.75) is 26.5 Å². The van der Waals surface area contributed by atoms with E-state index in [2.05, 4.69) is 4.74 Å². The summed E-state index contributed by atoms with van der Waals surface area (Å²) in [5.74, 6) is -0.918. The summed E-state index contributed by atoms with van der Waals surface area (Å²) in [4.78, 5) is 13.2. The van der Waals surface area contributed by atoms with Gasteiger partial charge in [-0.1, -0.05) is 24.6 Å². The maximum atomic E-state index is 12.2. The summed E-state index contributed by atoms with van der Waals surface area (Å²) in [7, 11) is 0. The van der Waals surface area contributed by atoms with E-state index in [1.54, 1.807) is 12.1 Å². The van der Waals surface area contributed by atoms with Crippen molar-refractivity contribution in [3.8, 4) is 5.75 Å². The number of ether oxygens (including phenoxy) is 1. The summed E-state index contributed by atoms with van der Waals surface area (Å²) >= 11 is 5.93. The molecule has 1 N–H and O–H groups in total. The Morgan fingerprint density at radius 1 is 1.50 bits per heavy atom. The van der Waals surface area contributed by atoms with Crippen molar-refractivity contribution in [3.63, 3.8) is 0 Å². The van der Waals surface area contributed by atoms with E-state index in [-0.39, 0.29) is 16.7 Å². The molecule has 0 aromatic heterocycles.